The average molecular weight is 253 g/mol. The third-order valence-corrected chi connectivity index (χ3v) is 4.24. The maximum atomic E-state index is 6.20. The van der Waals surface area contributed by atoms with Gasteiger partial charge >= 0.3 is 0 Å². The van der Waals surface area contributed by atoms with E-state index < -0.39 is 0 Å². The highest BCUT2D eigenvalue weighted by molar-refractivity contribution is 6.30. The SMILES string of the molecule is NC1CCCC2CN(c3ncc(Cl)cn3)CC12. The molecule has 17 heavy (non-hydrogen) atoms. The van der Waals surface area contributed by atoms with Crippen LogP contribution in [-0.2, 0) is 0 Å². The van der Waals surface area contributed by atoms with Gasteiger partial charge in [-0.1, -0.05) is 18.0 Å². The smallest absolute Gasteiger partial charge is 0.225 e. The first-order valence-corrected chi connectivity index (χ1v) is 6.60. The van der Waals surface area contributed by atoms with Crippen LogP contribution >= 0.6 is 11.6 Å². The van der Waals surface area contributed by atoms with E-state index >= 15 is 0 Å². The zero-order valence-electron chi connectivity index (χ0n) is 9.72. The molecule has 2 heterocycles. The third kappa shape index (κ3) is 2.11. The van der Waals surface area contributed by atoms with Gasteiger partial charge in [0, 0.05) is 19.1 Å². The Labute approximate surface area is 106 Å². The normalized spacial score (nSPS) is 32.6. The van der Waals surface area contributed by atoms with E-state index in [2.05, 4.69) is 14.9 Å². The van der Waals surface area contributed by atoms with Crippen molar-refractivity contribution < 1.29 is 0 Å². The van der Waals surface area contributed by atoms with Gasteiger partial charge in [0.25, 0.3) is 0 Å². The summed E-state index contributed by atoms with van der Waals surface area (Å²) in [5, 5.41) is 0.585. The Balaban J connectivity index is 1.76. The highest BCUT2D eigenvalue weighted by Gasteiger charge is 2.39. The van der Waals surface area contributed by atoms with Gasteiger partial charge in [0.1, 0.15) is 0 Å². The summed E-state index contributed by atoms with van der Waals surface area (Å²) >= 11 is 5.80. The van der Waals surface area contributed by atoms with E-state index in [1.54, 1.807) is 12.4 Å². The van der Waals surface area contributed by atoms with Crippen LogP contribution in [0.3, 0.4) is 0 Å². The molecule has 0 radical (unpaired) electrons. The van der Waals surface area contributed by atoms with Crippen LogP contribution in [-0.4, -0.2) is 29.1 Å². The summed E-state index contributed by atoms with van der Waals surface area (Å²) in [5.74, 6) is 2.12. The van der Waals surface area contributed by atoms with Crippen molar-refractivity contribution in [1.82, 2.24) is 9.97 Å². The Morgan fingerprint density at radius 2 is 2.00 bits per heavy atom. The van der Waals surface area contributed by atoms with Crippen molar-refractivity contribution >= 4 is 17.5 Å². The number of hydrogen-bond acceptors (Lipinski definition) is 4. The van der Waals surface area contributed by atoms with Gasteiger partial charge in [0.05, 0.1) is 17.4 Å². The molecule has 1 saturated carbocycles. The maximum absolute atomic E-state index is 6.20. The molecular weight excluding hydrogens is 236 g/mol. The largest absolute Gasteiger partial charge is 0.340 e. The van der Waals surface area contributed by atoms with Crippen molar-refractivity contribution in [3.8, 4) is 0 Å². The molecule has 3 atom stereocenters. The molecule has 0 aromatic carbocycles. The van der Waals surface area contributed by atoms with Crippen LogP contribution in [0, 0.1) is 11.8 Å². The van der Waals surface area contributed by atoms with Crippen molar-refractivity contribution in [2.45, 2.75) is 25.3 Å². The summed E-state index contributed by atoms with van der Waals surface area (Å²) in [7, 11) is 0. The fraction of sp³-hybridized carbons (Fsp3) is 0.667. The third-order valence-electron chi connectivity index (χ3n) is 4.04. The summed E-state index contributed by atoms with van der Waals surface area (Å²) in [6, 6.07) is 0.353. The zero-order valence-corrected chi connectivity index (χ0v) is 10.5. The van der Waals surface area contributed by atoms with E-state index in [0.29, 0.717) is 17.0 Å². The van der Waals surface area contributed by atoms with Crippen LogP contribution in [0.25, 0.3) is 0 Å². The predicted octanol–water partition coefficient (Wildman–Crippen LogP) is 1.69. The molecule has 0 spiro atoms. The lowest BCUT2D eigenvalue weighted by molar-refractivity contribution is 0.260. The molecule has 0 amide bonds. The minimum Gasteiger partial charge on any atom is -0.340 e. The van der Waals surface area contributed by atoms with Gasteiger partial charge in [-0.15, -0.1) is 0 Å². The van der Waals surface area contributed by atoms with Crippen molar-refractivity contribution in [3.05, 3.63) is 17.4 Å². The molecule has 2 aliphatic rings. The quantitative estimate of drug-likeness (QED) is 0.827. The molecule has 3 rings (SSSR count). The van der Waals surface area contributed by atoms with Crippen molar-refractivity contribution in [1.29, 1.82) is 0 Å². The molecular formula is C12H17ClN4. The van der Waals surface area contributed by atoms with Gasteiger partial charge in [-0.2, -0.15) is 0 Å². The number of fused-ring (bicyclic) bond motifs is 1. The number of anilines is 1. The molecule has 4 nitrogen and oxygen atoms in total. The average Bonchev–Trinajstić information content (AvgIpc) is 2.75. The summed E-state index contributed by atoms with van der Waals surface area (Å²) < 4.78 is 0. The second-order valence-corrected chi connectivity index (χ2v) is 5.56. The Kier molecular flexibility index (Phi) is 2.92. The number of hydrogen-bond donors (Lipinski definition) is 1. The van der Waals surface area contributed by atoms with Crippen LogP contribution in [0.1, 0.15) is 19.3 Å². The number of nitrogens with zero attached hydrogens (tertiary/aromatic N) is 3. The molecule has 1 aromatic heterocycles. The van der Waals surface area contributed by atoms with Crippen LogP contribution < -0.4 is 10.6 Å². The minimum atomic E-state index is 0.353. The number of rotatable bonds is 1. The lowest BCUT2D eigenvalue weighted by Gasteiger charge is -2.29. The summed E-state index contributed by atoms with van der Waals surface area (Å²) in [6.45, 7) is 2.04. The lowest BCUT2D eigenvalue weighted by Crippen LogP contribution is -2.38. The Morgan fingerprint density at radius 1 is 1.24 bits per heavy atom. The van der Waals surface area contributed by atoms with E-state index in [1.807, 2.05) is 0 Å². The van der Waals surface area contributed by atoms with Gasteiger partial charge in [0.2, 0.25) is 5.95 Å². The predicted molar refractivity (Wildman–Crippen MR) is 68.1 cm³/mol. The first-order valence-electron chi connectivity index (χ1n) is 6.22. The molecule has 0 bridgehead atoms. The van der Waals surface area contributed by atoms with E-state index in [0.717, 1.165) is 31.4 Å². The number of aromatic nitrogens is 2. The molecule has 92 valence electrons. The van der Waals surface area contributed by atoms with Gasteiger partial charge < -0.3 is 10.6 Å². The first-order chi connectivity index (χ1) is 8.24. The highest BCUT2D eigenvalue weighted by atomic mass is 35.5. The molecule has 3 unspecified atom stereocenters. The van der Waals surface area contributed by atoms with Crippen LogP contribution in [0.4, 0.5) is 5.95 Å². The van der Waals surface area contributed by atoms with E-state index in [4.69, 9.17) is 17.3 Å². The molecule has 2 fully saturated rings. The van der Waals surface area contributed by atoms with E-state index in [-0.39, 0.29) is 0 Å². The van der Waals surface area contributed by atoms with Crippen LogP contribution in [0.15, 0.2) is 12.4 Å². The second kappa shape index (κ2) is 4.42. The maximum Gasteiger partial charge on any atom is 0.225 e. The topological polar surface area (TPSA) is 55.0 Å². The zero-order chi connectivity index (χ0) is 11.8. The molecule has 1 aliphatic heterocycles. The number of nitrogens with two attached hydrogens (primary N) is 1. The lowest BCUT2D eigenvalue weighted by atomic mass is 9.78. The van der Waals surface area contributed by atoms with Gasteiger partial charge in [-0.05, 0) is 24.7 Å². The van der Waals surface area contributed by atoms with Crippen LogP contribution in [0.2, 0.25) is 5.02 Å². The summed E-state index contributed by atoms with van der Waals surface area (Å²) in [6.07, 6.45) is 7.04. The Morgan fingerprint density at radius 3 is 2.71 bits per heavy atom. The first kappa shape index (κ1) is 11.2. The second-order valence-electron chi connectivity index (χ2n) is 5.12. The Bertz CT molecular complexity index is 394. The van der Waals surface area contributed by atoms with Gasteiger partial charge in [0.15, 0.2) is 0 Å². The summed E-state index contributed by atoms with van der Waals surface area (Å²) in [4.78, 5) is 10.8. The summed E-state index contributed by atoms with van der Waals surface area (Å²) in [5.41, 5.74) is 6.20. The van der Waals surface area contributed by atoms with E-state index in [1.165, 1.54) is 12.8 Å². The van der Waals surface area contributed by atoms with Crippen LogP contribution in [0.5, 0.6) is 0 Å². The fourth-order valence-electron chi connectivity index (χ4n) is 3.15. The number of halogens is 1. The minimum absolute atomic E-state index is 0.353. The molecule has 5 heteroatoms. The molecule has 1 aliphatic carbocycles. The molecule has 1 saturated heterocycles. The van der Waals surface area contributed by atoms with Crippen molar-refractivity contribution in [2.75, 3.05) is 18.0 Å². The van der Waals surface area contributed by atoms with Crippen molar-refractivity contribution in [3.63, 3.8) is 0 Å². The molecule has 1 aromatic rings. The van der Waals surface area contributed by atoms with E-state index in [9.17, 15) is 0 Å². The standard InChI is InChI=1S/C12H17ClN4/c13-9-4-15-12(16-5-9)17-6-8-2-1-3-11(14)10(8)7-17/h4-5,8,10-11H,1-3,6-7,14H2. The van der Waals surface area contributed by atoms with Crippen molar-refractivity contribution in [2.24, 2.45) is 17.6 Å². The fourth-order valence-corrected chi connectivity index (χ4v) is 3.25. The van der Waals surface area contributed by atoms with Gasteiger partial charge in [-0.3, -0.25) is 0 Å². The molecule has 2 N–H and O–H groups in total. The van der Waals surface area contributed by atoms with Gasteiger partial charge in [-0.25, -0.2) is 9.97 Å². The highest BCUT2D eigenvalue weighted by Crippen LogP contribution is 2.36. The monoisotopic (exact) mass is 252 g/mol. The Hall–Kier alpha value is -0.870.